The van der Waals surface area contributed by atoms with E-state index in [4.69, 9.17) is 23.7 Å². The van der Waals surface area contributed by atoms with E-state index in [1.54, 1.807) is 42.5 Å². The van der Waals surface area contributed by atoms with E-state index in [0.717, 1.165) is 0 Å². The van der Waals surface area contributed by atoms with Crippen molar-refractivity contribution in [1.29, 1.82) is 0 Å². The third-order valence-electron chi connectivity index (χ3n) is 5.17. The molecule has 4 rings (SSSR count). The quantitative estimate of drug-likeness (QED) is 0.428. The van der Waals surface area contributed by atoms with Crippen LogP contribution in [0.4, 0.5) is 10.5 Å². The summed E-state index contributed by atoms with van der Waals surface area (Å²) in [5, 5.41) is 22.6. The van der Waals surface area contributed by atoms with Crippen LogP contribution in [0.5, 0.6) is 28.7 Å². The Morgan fingerprint density at radius 2 is 1.85 bits per heavy atom. The minimum Gasteiger partial charge on any atom is -0.504 e. The maximum atomic E-state index is 12.9. The van der Waals surface area contributed by atoms with Gasteiger partial charge in [-0.2, -0.15) is 0 Å². The number of aliphatic hydroxyl groups excluding tert-OH is 1. The van der Waals surface area contributed by atoms with Gasteiger partial charge in [0.25, 0.3) is 0 Å². The summed E-state index contributed by atoms with van der Waals surface area (Å²) in [5.74, 6) is 1.80. The van der Waals surface area contributed by atoms with Crippen molar-refractivity contribution in [3.8, 4) is 28.7 Å². The van der Waals surface area contributed by atoms with Crippen molar-refractivity contribution in [1.82, 2.24) is 0 Å². The molecule has 0 bridgehead atoms. The van der Waals surface area contributed by atoms with Gasteiger partial charge in [0.1, 0.15) is 11.9 Å². The third kappa shape index (κ3) is 5.44. The van der Waals surface area contributed by atoms with Gasteiger partial charge in [-0.25, -0.2) is 4.79 Å². The number of rotatable bonds is 9. The van der Waals surface area contributed by atoms with E-state index in [1.165, 1.54) is 13.2 Å². The summed E-state index contributed by atoms with van der Waals surface area (Å²) in [6.07, 6.45) is -2.29. The number of carbonyl (C=O) groups excluding carboxylic acids is 1. The highest BCUT2D eigenvalue weighted by Gasteiger charge is 2.30. The molecule has 178 valence electrons. The molecule has 9 nitrogen and oxygen atoms in total. The van der Waals surface area contributed by atoms with E-state index in [0.29, 0.717) is 28.5 Å². The average molecular weight is 467 g/mol. The van der Waals surface area contributed by atoms with Crippen molar-refractivity contribution in [3.05, 3.63) is 72.3 Å². The van der Waals surface area contributed by atoms with Crippen molar-refractivity contribution in [3.63, 3.8) is 0 Å². The first kappa shape index (κ1) is 23.1. The zero-order chi connectivity index (χ0) is 23.9. The fraction of sp³-hybridized carbons (Fsp3) is 0.240. The number of phenols is 1. The first-order chi connectivity index (χ1) is 16.6. The van der Waals surface area contributed by atoms with Gasteiger partial charge < -0.3 is 33.9 Å². The van der Waals surface area contributed by atoms with Gasteiger partial charge in [0.05, 0.1) is 7.11 Å². The zero-order valence-corrected chi connectivity index (χ0v) is 18.5. The summed E-state index contributed by atoms with van der Waals surface area (Å²) in [4.78, 5) is 12.9. The van der Waals surface area contributed by atoms with E-state index in [1.807, 2.05) is 18.2 Å². The predicted molar refractivity (Wildman–Crippen MR) is 123 cm³/mol. The summed E-state index contributed by atoms with van der Waals surface area (Å²) >= 11 is 0. The summed E-state index contributed by atoms with van der Waals surface area (Å²) in [6, 6.07) is 18.6. The number of aromatic hydroxyl groups is 1. The summed E-state index contributed by atoms with van der Waals surface area (Å²) in [5.41, 5.74) is 0.918. The number of benzene rings is 3. The van der Waals surface area contributed by atoms with Crippen molar-refractivity contribution in [2.45, 2.75) is 18.6 Å². The highest BCUT2D eigenvalue weighted by atomic mass is 16.7. The van der Waals surface area contributed by atoms with Crippen molar-refractivity contribution < 1.29 is 38.7 Å². The SMILES string of the molecule is COc1ccc([C@@H](OC(=O)Nc2ccc3c(c2)OCO3)[C@@H](CCO)Oc2ccccc2)cc1O. The van der Waals surface area contributed by atoms with Crippen LogP contribution >= 0.6 is 0 Å². The van der Waals surface area contributed by atoms with Crippen LogP contribution in [0.15, 0.2) is 66.7 Å². The van der Waals surface area contributed by atoms with Crippen molar-refractivity contribution in [2.75, 3.05) is 25.8 Å². The zero-order valence-electron chi connectivity index (χ0n) is 18.5. The summed E-state index contributed by atoms with van der Waals surface area (Å²) in [6.45, 7) is -0.0881. The van der Waals surface area contributed by atoms with E-state index >= 15 is 0 Å². The summed E-state index contributed by atoms with van der Waals surface area (Å²) < 4.78 is 27.6. The first-order valence-corrected chi connectivity index (χ1v) is 10.6. The Bertz CT molecular complexity index is 1120. The molecule has 0 unspecified atom stereocenters. The molecule has 0 aromatic heterocycles. The number of ether oxygens (including phenoxy) is 5. The number of phenolic OH excluding ortho intramolecular Hbond substituents is 1. The fourth-order valence-electron chi connectivity index (χ4n) is 3.55. The molecule has 3 aromatic rings. The van der Waals surface area contributed by atoms with Crippen molar-refractivity contribution in [2.24, 2.45) is 0 Å². The molecule has 0 fully saturated rings. The lowest BCUT2D eigenvalue weighted by atomic mass is 10.0. The number of methoxy groups -OCH3 is 1. The lowest BCUT2D eigenvalue weighted by Gasteiger charge is -2.28. The molecule has 1 aliphatic rings. The smallest absolute Gasteiger partial charge is 0.412 e. The predicted octanol–water partition coefficient (Wildman–Crippen LogP) is 4.25. The van der Waals surface area contributed by atoms with Crippen molar-refractivity contribution >= 4 is 11.8 Å². The van der Waals surface area contributed by atoms with Gasteiger partial charge in [0, 0.05) is 30.3 Å². The molecule has 0 saturated carbocycles. The van der Waals surface area contributed by atoms with Crippen LogP contribution in [-0.4, -0.2) is 42.9 Å². The average Bonchev–Trinajstić information content (AvgIpc) is 3.31. The molecule has 1 amide bonds. The molecule has 34 heavy (non-hydrogen) atoms. The number of nitrogens with one attached hydrogen (secondary N) is 1. The molecule has 3 N–H and O–H groups in total. The van der Waals surface area contributed by atoms with Gasteiger partial charge in [0.15, 0.2) is 29.1 Å². The van der Waals surface area contributed by atoms with Gasteiger partial charge in [-0.1, -0.05) is 24.3 Å². The number of carbonyl (C=O) groups is 1. The Morgan fingerprint density at radius 1 is 1.06 bits per heavy atom. The standard InChI is InChI=1S/C25H25NO8/c1-30-20-9-7-16(13-19(20)28)24(22(11-12-27)33-18-5-3-2-4-6-18)34-25(29)26-17-8-10-21-23(14-17)32-15-31-21/h2-10,13-14,22,24,27-28H,11-12,15H2,1H3,(H,26,29)/t22-,24-/m1/s1. The van der Waals surface area contributed by atoms with E-state index < -0.39 is 18.3 Å². The van der Waals surface area contributed by atoms with Crippen LogP contribution in [0.2, 0.25) is 0 Å². The number of anilines is 1. The number of aliphatic hydroxyl groups is 1. The van der Waals surface area contributed by atoms with Crippen LogP contribution < -0.4 is 24.3 Å². The van der Waals surface area contributed by atoms with Crippen LogP contribution in [-0.2, 0) is 4.74 Å². The van der Waals surface area contributed by atoms with Gasteiger partial charge in [0.2, 0.25) is 6.79 Å². The minimum atomic E-state index is -0.960. The number of hydrogen-bond donors (Lipinski definition) is 3. The van der Waals surface area contributed by atoms with Crippen LogP contribution in [0.3, 0.4) is 0 Å². The number of fused-ring (bicyclic) bond motifs is 1. The minimum absolute atomic E-state index is 0.117. The lowest BCUT2D eigenvalue weighted by molar-refractivity contribution is 0.00897. The number of amides is 1. The lowest BCUT2D eigenvalue weighted by Crippen LogP contribution is -2.31. The van der Waals surface area contributed by atoms with E-state index in [9.17, 15) is 15.0 Å². The maximum Gasteiger partial charge on any atom is 0.412 e. The Morgan fingerprint density at radius 3 is 2.59 bits per heavy atom. The molecular weight excluding hydrogens is 442 g/mol. The topological polar surface area (TPSA) is 116 Å². The Balaban J connectivity index is 1.59. The third-order valence-corrected chi connectivity index (χ3v) is 5.17. The fourth-order valence-corrected chi connectivity index (χ4v) is 3.55. The molecule has 2 atom stereocenters. The van der Waals surface area contributed by atoms with Crippen LogP contribution in [0, 0.1) is 0 Å². The normalized spacial score (nSPS) is 13.6. The Hall–Kier alpha value is -4.11. The molecule has 1 heterocycles. The van der Waals surface area contributed by atoms with Gasteiger partial charge in [-0.3, -0.25) is 5.32 Å². The van der Waals surface area contributed by atoms with Crippen LogP contribution in [0.1, 0.15) is 18.1 Å². The molecule has 1 aliphatic heterocycles. The van der Waals surface area contributed by atoms with Gasteiger partial charge in [-0.05, 0) is 36.4 Å². The molecule has 3 aromatic carbocycles. The first-order valence-electron chi connectivity index (χ1n) is 10.6. The molecular formula is C25H25NO8. The second-order valence-electron chi connectivity index (χ2n) is 7.43. The second kappa shape index (κ2) is 10.7. The Kier molecular flexibility index (Phi) is 7.24. The van der Waals surface area contributed by atoms with Crippen LogP contribution in [0.25, 0.3) is 0 Å². The van der Waals surface area contributed by atoms with Gasteiger partial charge in [-0.15, -0.1) is 0 Å². The molecule has 0 saturated heterocycles. The monoisotopic (exact) mass is 467 g/mol. The molecule has 9 heteroatoms. The number of para-hydroxylation sites is 1. The second-order valence-corrected chi connectivity index (χ2v) is 7.43. The number of hydrogen-bond acceptors (Lipinski definition) is 8. The molecule has 0 spiro atoms. The summed E-state index contributed by atoms with van der Waals surface area (Å²) in [7, 11) is 1.44. The highest BCUT2D eigenvalue weighted by molar-refractivity contribution is 5.85. The molecule has 0 aliphatic carbocycles. The Labute approximate surface area is 196 Å². The molecule has 0 radical (unpaired) electrons. The largest absolute Gasteiger partial charge is 0.504 e. The highest BCUT2D eigenvalue weighted by Crippen LogP contribution is 2.36. The van der Waals surface area contributed by atoms with Gasteiger partial charge >= 0.3 is 6.09 Å². The van der Waals surface area contributed by atoms with E-state index in [-0.39, 0.29) is 31.3 Å². The van der Waals surface area contributed by atoms with E-state index in [2.05, 4.69) is 5.32 Å². The maximum absolute atomic E-state index is 12.9.